The number of fused-ring (bicyclic) bond motifs is 2. The quantitative estimate of drug-likeness (QED) is 0.526. The van der Waals surface area contributed by atoms with Crippen LogP contribution < -0.4 is 15.6 Å². The maximum atomic E-state index is 12.5. The maximum absolute atomic E-state index is 12.5. The van der Waals surface area contributed by atoms with Crippen LogP contribution >= 0.6 is 0 Å². The fourth-order valence-electron chi connectivity index (χ4n) is 3.46. The second kappa shape index (κ2) is 8.18. The molecule has 1 N–H and O–H groups in total. The molecule has 0 fully saturated rings. The zero-order valence-electron chi connectivity index (χ0n) is 16.2. The number of aromatic nitrogens is 3. The first-order chi connectivity index (χ1) is 14.2. The Morgan fingerprint density at radius 1 is 1.03 bits per heavy atom. The maximum Gasteiger partial charge on any atom is 0.261 e. The molecule has 0 spiro atoms. The second-order valence-corrected chi connectivity index (χ2v) is 6.76. The highest BCUT2D eigenvalue weighted by Crippen LogP contribution is 2.25. The Morgan fingerprint density at radius 3 is 2.76 bits per heavy atom. The first-order valence-corrected chi connectivity index (χ1v) is 9.50. The van der Waals surface area contributed by atoms with Crippen LogP contribution in [0.25, 0.3) is 21.8 Å². The number of carbonyl (C=O) groups is 1. The zero-order valence-corrected chi connectivity index (χ0v) is 16.2. The molecule has 0 aliphatic carbocycles. The molecule has 7 nitrogen and oxygen atoms in total. The van der Waals surface area contributed by atoms with Crippen molar-refractivity contribution in [3.8, 4) is 5.75 Å². The third kappa shape index (κ3) is 3.85. The number of ether oxygens (including phenoxy) is 1. The van der Waals surface area contributed by atoms with Crippen molar-refractivity contribution in [1.29, 1.82) is 0 Å². The molecule has 2 aromatic carbocycles. The van der Waals surface area contributed by atoms with Crippen molar-refractivity contribution in [2.75, 3.05) is 13.7 Å². The molecule has 7 heteroatoms. The van der Waals surface area contributed by atoms with Gasteiger partial charge in [0.2, 0.25) is 5.91 Å². The van der Waals surface area contributed by atoms with Crippen LogP contribution in [-0.2, 0) is 17.9 Å². The number of carbonyl (C=O) groups excluding carboxylic acids is 1. The predicted molar refractivity (Wildman–Crippen MR) is 112 cm³/mol. The van der Waals surface area contributed by atoms with Crippen LogP contribution in [-0.4, -0.2) is 33.7 Å². The van der Waals surface area contributed by atoms with Crippen molar-refractivity contribution in [2.24, 2.45) is 0 Å². The van der Waals surface area contributed by atoms with E-state index in [2.05, 4.69) is 14.9 Å². The van der Waals surface area contributed by atoms with Gasteiger partial charge in [0, 0.05) is 37.6 Å². The van der Waals surface area contributed by atoms with Gasteiger partial charge in [0.1, 0.15) is 5.75 Å². The summed E-state index contributed by atoms with van der Waals surface area (Å²) < 4.78 is 8.94. The summed E-state index contributed by atoms with van der Waals surface area (Å²) >= 11 is 0. The van der Waals surface area contributed by atoms with Crippen molar-refractivity contribution in [1.82, 2.24) is 19.4 Å². The van der Waals surface area contributed by atoms with Crippen LogP contribution in [0.15, 0.2) is 65.8 Å². The fraction of sp³-hybridized carbons (Fsp3) is 0.227. The standard InChI is InChI=1S/C22H22N4O3/c1-29-20-8-4-7-19-17(20)9-12-25(19)14-11-23-21(27)10-13-26-15-24-18-6-3-2-5-16(18)22(26)28/h2-9,12,15H,10-11,13-14H2,1H3,(H,23,27). The largest absolute Gasteiger partial charge is 0.496 e. The summed E-state index contributed by atoms with van der Waals surface area (Å²) in [5, 5.41) is 4.52. The molecule has 0 saturated heterocycles. The molecule has 0 atom stereocenters. The SMILES string of the molecule is COc1cccc2c1ccn2CCNC(=O)CCn1cnc2ccccc2c1=O. The number of rotatable bonds is 7. The van der Waals surface area contributed by atoms with Crippen molar-refractivity contribution < 1.29 is 9.53 Å². The van der Waals surface area contributed by atoms with Crippen LogP contribution in [0.5, 0.6) is 5.75 Å². The monoisotopic (exact) mass is 390 g/mol. The highest BCUT2D eigenvalue weighted by Gasteiger charge is 2.08. The van der Waals surface area contributed by atoms with Gasteiger partial charge in [0.05, 0.1) is 29.9 Å². The van der Waals surface area contributed by atoms with Gasteiger partial charge in [-0.05, 0) is 30.3 Å². The Morgan fingerprint density at radius 2 is 1.90 bits per heavy atom. The Bertz CT molecular complexity index is 1230. The topological polar surface area (TPSA) is 78.2 Å². The number of methoxy groups -OCH3 is 1. The normalized spacial score (nSPS) is 11.1. The average molecular weight is 390 g/mol. The third-order valence-electron chi connectivity index (χ3n) is 4.98. The second-order valence-electron chi connectivity index (χ2n) is 6.76. The van der Waals surface area contributed by atoms with E-state index in [0.29, 0.717) is 30.5 Å². The lowest BCUT2D eigenvalue weighted by molar-refractivity contribution is -0.121. The van der Waals surface area contributed by atoms with Crippen LogP contribution in [0, 0.1) is 0 Å². The van der Waals surface area contributed by atoms with Crippen molar-refractivity contribution in [3.05, 3.63) is 71.4 Å². The van der Waals surface area contributed by atoms with Gasteiger partial charge in [-0.15, -0.1) is 0 Å². The summed E-state index contributed by atoms with van der Waals surface area (Å²) in [5.41, 5.74) is 1.59. The Hall–Kier alpha value is -3.61. The highest BCUT2D eigenvalue weighted by atomic mass is 16.5. The van der Waals surface area contributed by atoms with Crippen molar-refractivity contribution in [2.45, 2.75) is 19.5 Å². The van der Waals surface area contributed by atoms with Gasteiger partial charge in [-0.3, -0.25) is 14.2 Å². The van der Waals surface area contributed by atoms with Crippen molar-refractivity contribution >= 4 is 27.7 Å². The number of benzene rings is 2. The molecule has 2 aromatic heterocycles. The lowest BCUT2D eigenvalue weighted by atomic mass is 10.2. The third-order valence-corrected chi connectivity index (χ3v) is 4.98. The Kier molecular flexibility index (Phi) is 5.29. The molecule has 148 valence electrons. The van der Waals surface area contributed by atoms with Gasteiger partial charge in [-0.25, -0.2) is 4.98 Å². The number of para-hydroxylation sites is 1. The van der Waals surface area contributed by atoms with Crippen molar-refractivity contribution in [3.63, 3.8) is 0 Å². The molecule has 0 radical (unpaired) electrons. The van der Waals surface area contributed by atoms with E-state index in [9.17, 15) is 9.59 Å². The number of aryl methyl sites for hydroxylation is 1. The van der Waals surface area contributed by atoms with E-state index >= 15 is 0 Å². The summed E-state index contributed by atoms with van der Waals surface area (Å²) in [7, 11) is 1.66. The van der Waals surface area contributed by atoms with E-state index < -0.39 is 0 Å². The van der Waals surface area contributed by atoms with Crippen LogP contribution in [0.3, 0.4) is 0 Å². The minimum absolute atomic E-state index is 0.0981. The molecule has 0 saturated carbocycles. The first-order valence-electron chi connectivity index (χ1n) is 9.50. The molecule has 1 amide bonds. The first kappa shape index (κ1) is 18.7. The highest BCUT2D eigenvalue weighted by molar-refractivity contribution is 5.86. The number of amides is 1. The summed E-state index contributed by atoms with van der Waals surface area (Å²) in [6, 6.07) is 15.1. The molecule has 4 rings (SSSR count). The van der Waals surface area contributed by atoms with Gasteiger partial charge < -0.3 is 14.6 Å². The van der Waals surface area contributed by atoms with Gasteiger partial charge in [0.15, 0.2) is 0 Å². The van der Waals surface area contributed by atoms with Gasteiger partial charge in [0.25, 0.3) is 5.56 Å². The lowest BCUT2D eigenvalue weighted by Gasteiger charge is -2.09. The number of hydrogen-bond donors (Lipinski definition) is 1. The Balaban J connectivity index is 1.33. The van der Waals surface area contributed by atoms with Crippen LogP contribution in [0.1, 0.15) is 6.42 Å². The Labute approximate surface area is 167 Å². The fourth-order valence-corrected chi connectivity index (χ4v) is 3.46. The average Bonchev–Trinajstić information content (AvgIpc) is 3.17. The van der Waals surface area contributed by atoms with Gasteiger partial charge in [-0.1, -0.05) is 18.2 Å². The molecular formula is C22H22N4O3. The molecule has 4 aromatic rings. The van der Waals surface area contributed by atoms with E-state index in [1.807, 2.05) is 42.6 Å². The smallest absolute Gasteiger partial charge is 0.261 e. The summed E-state index contributed by atoms with van der Waals surface area (Å²) in [6.45, 7) is 1.46. The van der Waals surface area contributed by atoms with E-state index in [1.165, 1.54) is 10.9 Å². The van der Waals surface area contributed by atoms with Crippen LogP contribution in [0.2, 0.25) is 0 Å². The molecule has 0 aliphatic heterocycles. The molecule has 29 heavy (non-hydrogen) atoms. The minimum atomic E-state index is -0.129. The number of hydrogen-bond acceptors (Lipinski definition) is 4. The molecule has 0 bridgehead atoms. The number of nitrogens with one attached hydrogen (secondary N) is 1. The summed E-state index contributed by atoms with van der Waals surface area (Å²) in [5.74, 6) is 0.735. The summed E-state index contributed by atoms with van der Waals surface area (Å²) in [4.78, 5) is 28.9. The molecule has 0 unspecified atom stereocenters. The summed E-state index contributed by atoms with van der Waals surface area (Å²) in [6.07, 6.45) is 3.71. The number of nitrogens with zero attached hydrogens (tertiary/aromatic N) is 3. The molecule has 2 heterocycles. The van der Waals surface area contributed by atoms with E-state index in [1.54, 1.807) is 19.2 Å². The van der Waals surface area contributed by atoms with Gasteiger partial charge in [-0.2, -0.15) is 0 Å². The molecule has 0 aliphatic rings. The predicted octanol–water partition coefficient (Wildman–Crippen LogP) is 2.57. The van der Waals surface area contributed by atoms with Crippen LogP contribution in [0.4, 0.5) is 0 Å². The van der Waals surface area contributed by atoms with E-state index in [-0.39, 0.29) is 17.9 Å². The minimum Gasteiger partial charge on any atom is -0.496 e. The van der Waals surface area contributed by atoms with E-state index in [0.717, 1.165) is 16.7 Å². The lowest BCUT2D eigenvalue weighted by Crippen LogP contribution is -2.29. The van der Waals surface area contributed by atoms with E-state index in [4.69, 9.17) is 4.74 Å². The molecular weight excluding hydrogens is 368 g/mol. The zero-order chi connectivity index (χ0) is 20.2. The van der Waals surface area contributed by atoms with Gasteiger partial charge >= 0.3 is 0 Å².